The first-order chi connectivity index (χ1) is 12.9. The van der Waals surface area contributed by atoms with Gasteiger partial charge < -0.3 is 10.6 Å². The van der Waals surface area contributed by atoms with E-state index in [0.717, 1.165) is 29.8 Å². The Morgan fingerprint density at radius 3 is 2.56 bits per heavy atom. The highest BCUT2D eigenvalue weighted by atomic mass is 16.2. The van der Waals surface area contributed by atoms with Crippen molar-refractivity contribution >= 4 is 23.6 Å². The minimum Gasteiger partial charge on any atom is -0.313 e. The highest BCUT2D eigenvalue weighted by Crippen LogP contribution is 2.34. The molecule has 0 bridgehead atoms. The van der Waals surface area contributed by atoms with Crippen molar-refractivity contribution in [1.82, 2.24) is 20.9 Å². The van der Waals surface area contributed by atoms with Crippen molar-refractivity contribution in [2.75, 3.05) is 13.6 Å². The quantitative estimate of drug-likeness (QED) is 0.605. The molecule has 2 aliphatic heterocycles. The topological polar surface area (TPSA) is 108 Å². The molecule has 1 aliphatic carbocycles. The number of nitrogens with zero attached hydrogens (tertiary/aromatic N) is 1. The molecule has 1 atom stereocenters. The van der Waals surface area contributed by atoms with E-state index in [1.165, 1.54) is 0 Å². The smallest absolute Gasteiger partial charge is 0.262 e. The van der Waals surface area contributed by atoms with Crippen LogP contribution in [0.4, 0.5) is 0 Å². The summed E-state index contributed by atoms with van der Waals surface area (Å²) in [5.74, 6) is -1.92. The summed E-state index contributed by atoms with van der Waals surface area (Å²) in [5.41, 5.74) is 1.72. The molecule has 2 fully saturated rings. The third-order valence-electron chi connectivity index (χ3n) is 5.68. The lowest BCUT2D eigenvalue weighted by atomic mass is 10.0. The zero-order valence-corrected chi connectivity index (χ0v) is 15.1. The van der Waals surface area contributed by atoms with Crippen LogP contribution in [0.3, 0.4) is 0 Å². The van der Waals surface area contributed by atoms with E-state index >= 15 is 0 Å². The molecule has 8 heteroatoms. The van der Waals surface area contributed by atoms with Crippen LogP contribution in [0.5, 0.6) is 0 Å². The lowest BCUT2D eigenvalue weighted by Crippen LogP contribution is -2.54. The molecule has 4 rings (SSSR count). The van der Waals surface area contributed by atoms with E-state index in [1.807, 2.05) is 13.1 Å². The molecule has 0 aromatic heterocycles. The van der Waals surface area contributed by atoms with Gasteiger partial charge in [0.05, 0.1) is 11.1 Å². The van der Waals surface area contributed by atoms with E-state index < -0.39 is 23.8 Å². The summed E-state index contributed by atoms with van der Waals surface area (Å²) in [7, 11) is 1.96. The molecule has 0 radical (unpaired) electrons. The monoisotopic (exact) mass is 370 g/mol. The average Bonchev–Trinajstić information content (AvgIpc) is 3.39. The second kappa shape index (κ2) is 6.54. The Balaban J connectivity index is 1.48. The van der Waals surface area contributed by atoms with Gasteiger partial charge in [-0.2, -0.15) is 0 Å². The van der Waals surface area contributed by atoms with Crippen molar-refractivity contribution < 1.29 is 19.2 Å². The highest BCUT2D eigenvalue weighted by molar-refractivity contribution is 6.23. The summed E-state index contributed by atoms with van der Waals surface area (Å²) < 4.78 is 0. The van der Waals surface area contributed by atoms with Gasteiger partial charge in [0.1, 0.15) is 6.04 Å². The largest absolute Gasteiger partial charge is 0.313 e. The number of imide groups is 2. The highest BCUT2D eigenvalue weighted by Gasteiger charge is 2.44. The van der Waals surface area contributed by atoms with Gasteiger partial charge in [0, 0.05) is 25.0 Å². The lowest BCUT2D eigenvalue weighted by molar-refractivity contribution is -0.136. The first kappa shape index (κ1) is 17.8. The maximum Gasteiger partial charge on any atom is 0.262 e. The number of fused-ring (bicyclic) bond motifs is 1. The molecule has 3 N–H and O–H groups in total. The molecule has 1 saturated heterocycles. The number of piperidine rings is 1. The van der Waals surface area contributed by atoms with Gasteiger partial charge in [-0.3, -0.25) is 29.4 Å². The Hall–Kier alpha value is -2.58. The number of hydrogen-bond acceptors (Lipinski definition) is 6. The zero-order chi connectivity index (χ0) is 19.2. The summed E-state index contributed by atoms with van der Waals surface area (Å²) in [5, 5.41) is 8.90. The SMILES string of the molecule is CNC1(CNCc2ccc3c(c2)C(=O)N(C2CCC(=O)NC2=O)C3=O)CC1. The average molecular weight is 370 g/mol. The number of hydrogen-bond donors (Lipinski definition) is 3. The number of nitrogens with one attached hydrogen (secondary N) is 3. The lowest BCUT2D eigenvalue weighted by Gasteiger charge is -2.27. The maximum atomic E-state index is 12.8. The predicted octanol–water partition coefficient (Wildman–Crippen LogP) is -0.0706. The Morgan fingerprint density at radius 1 is 1.15 bits per heavy atom. The Bertz CT molecular complexity index is 846. The molecule has 1 aromatic carbocycles. The van der Waals surface area contributed by atoms with Gasteiger partial charge in [-0.25, -0.2) is 0 Å². The van der Waals surface area contributed by atoms with Gasteiger partial charge in [-0.05, 0) is 44.0 Å². The van der Waals surface area contributed by atoms with Gasteiger partial charge in [-0.15, -0.1) is 0 Å². The molecule has 0 spiro atoms. The van der Waals surface area contributed by atoms with E-state index in [2.05, 4.69) is 16.0 Å². The second-order valence-corrected chi connectivity index (χ2v) is 7.46. The van der Waals surface area contributed by atoms with Gasteiger partial charge >= 0.3 is 0 Å². The van der Waals surface area contributed by atoms with E-state index in [0.29, 0.717) is 17.7 Å². The van der Waals surface area contributed by atoms with Crippen molar-refractivity contribution in [2.24, 2.45) is 0 Å². The van der Waals surface area contributed by atoms with Gasteiger partial charge in [-0.1, -0.05) is 6.07 Å². The predicted molar refractivity (Wildman–Crippen MR) is 95.8 cm³/mol. The van der Waals surface area contributed by atoms with E-state index in [9.17, 15) is 19.2 Å². The third kappa shape index (κ3) is 3.15. The fourth-order valence-electron chi connectivity index (χ4n) is 3.74. The molecule has 2 heterocycles. The van der Waals surface area contributed by atoms with Crippen molar-refractivity contribution in [2.45, 2.75) is 43.8 Å². The third-order valence-corrected chi connectivity index (χ3v) is 5.68. The Morgan fingerprint density at radius 2 is 1.89 bits per heavy atom. The molecule has 1 saturated carbocycles. The molecule has 142 valence electrons. The first-order valence-corrected chi connectivity index (χ1v) is 9.18. The zero-order valence-electron chi connectivity index (χ0n) is 15.1. The molecule has 1 unspecified atom stereocenters. The van der Waals surface area contributed by atoms with E-state index in [-0.39, 0.29) is 24.3 Å². The first-order valence-electron chi connectivity index (χ1n) is 9.18. The summed E-state index contributed by atoms with van der Waals surface area (Å²) in [4.78, 5) is 49.8. The van der Waals surface area contributed by atoms with Crippen LogP contribution < -0.4 is 16.0 Å². The van der Waals surface area contributed by atoms with Crippen LogP contribution in [0.1, 0.15) is 52.0 Å². The summed E-state index contributed by atoms with van der Waals surface area (Å²) in [6.45, 7) is 1.44. The van der Waals surface area contributed by atoms with E-state index in [4.69, 9.17) is 0 Å². The summed E-state index contributed by atoms with van der Waals surface area (Å²) >= 11 is 0. The Kier molecular flexibility index (Phi) is 4.32. The van der Waals surface area contributed by atoms with Crippen LogP contribution in [-0.2, 0) is 16.1 Å². The van der Waals surface area contributed by atoms with Crippen LogP contribution in [0.25, 0.3) is 0 Å². The van der Waals surface area contributed by atoms with E-state index in [1.54, 1.807) is 12.1 Å². The van der Waals surface area contributed by atoms with Gasteiger partial charge in [0.2, 0.25) is 11.8 Å². The molecule has 3 aliphatic rings. The van der Waals surface area contributed by atoms with Crippen LogP contribution in [-0.4, -0.2) is 53.7 Å². The Labute approximate surface area is 156 Å². The van der Waals surface area contributed by atoms with Gasteiger partial charge in [0.25, 0.3) is 11.8 Å². The van der Waals surface area contributed by atoms with Crippen LogP contribution in [0, 0.1) is 0 Å². The van der Waals surface area contributed by atoms with Crippen LogP contribution in [0.2, 0.25) is 0 Å². The standard InChI is InChI=1S/C19H22N4O4/c1-20-19(6-7-19)10-21-9-11-2-3-12-13(8-11)18(27)23(17(12)26)14-4-5-15(24)22-16(14)25/h2-3,8,14,20-21H,4-7,9-10H2,1H3,(H,22,24,25). The fourth-order valence-corrected chi connectivity index (χ4v) is 3.74. The van der Waals surface area contributed by atoms with Crippen molar-refractivity contribution in [3.8, 4) is 0 Å². The molecule has 1 aromatic rings. The molecule has 4 amide bonds. The van der Waals surface area contributed by atoms with Crippen molar-refractivity contribution in [3.05, 3.63) is 34.9 Å². The van der Waals surface area contributed by atoms with Gasteiger partial charge in [0.15, 0.2) is 0 Å². The summed E-state index contributed by atoms with van der Waals surface area (Å²) in [6, 6.07) is 4.25. The van der Waals surface area contributed by atoms with Crippen LogP contribution in [0.15, 0.2) is 18.2 Å². The molecule has 27 heavy (non-hydrogen) atoms. The number of rotatable bonds is 6. The maximum absolute atomic E-state index is 12.8. The minimum absolute atomic E-state index is 0.117. The number of carbonyl (C=O) groups excluding carboxylic acids is 4. The summed E-state index contributed by atoms with van der Waals surface area (Å²) in [6.07, 6.45) is 2.58. The molecular weight excluding hydrogens is 348 g/mol. The number of benzene rings is 1. The fraction of sp³-hybridized carbons (Fsp3) is 0.474. The molecule has 8 nitrogen and oxygen atoms in total. The normalized spacial score (nSPS) is 23.4. The van der Waals surface area contributed by atoms with Crippen molar-refractivity contribution in [3.63, 3.8) is 0 Å². The minimum atomic E-state index is -0.929. The second-order valence-electron chi connectivity index (χ2n) is 7.46. The van der Waals surface area contributed by atoms with Crippen LogP contribution >= 0.6 is 0 Å². The number of amides is 4. The number of likely N-dealkylation sites (N-methyl/N-ethyl adjacent to an activating group) is 1. The number of carbonyl (C=O) groups is 4. The molecular formula is C19H22N4O4. The van der Waals surface area contributed by atoms with Crippen molar-refractivity contribution in [1.29, 1.82) is 0 Å².